The molecule has 18 heavy (non-hydrogen) atoms. The molecule has 102 valence electrons. The Bertz CT molecular complexity index is 327. The van der Waals surface area contributed by atoms with Crippen LogP contribution in [0.5, 0.6) is 0 Å². The Hall–Kier alpha value is -1.02. The number of carboxylic acids is 1. The van der Waals surface area contributed by atoms with Crippen LogP contribution in [0.3, 0.4) is 0 Å². The summed E-state index contributed by atoms with van der Waals surface area (Å²) in [6.07, 6.45) is 0. The van der Waals surface area contributed by atoms with E-state index in [0.717, 1.165) is 23.5 Å². The molecule has 0 aromatic heterocycles. The Morgan fingerprint density at radius 1 is 1.06 bits per heavy atom. The van der Waals surface area contributed by atoms with Crippen molar-refractivity contribution in [3.8, 4) is 0 Å². The first-order valence-electron chi connectivity index (χ1n) is 5.09. The highest BCUT2D eigenvalue weighted by Gasteiger charge is 2.20. The van der Waals surface area contributed by atoms with Crippen molar-refractivity contribution in [1.82, 2.24) is 5.32 Å². The Balaban J connectivity index is 4.32. The van der Waals surface area contributed by atoms with Gasteiger partial charge in [0.05, 0.1) is 5.92 Å². The second kappa shape index (κ2) is 8.98. The number of amides is 1. The van der Waals surface area contributed by atoms with Crippen molar-refractivity contribution < 1.29 is 24.3 Å². The van der Waals surface area contributed by atoms with Crippen molar-refractivity contribution >= 4 is 45.6 Å². The van der Waals surface area contributed by atoms with E-state index in [9.17, 15) is 19.2 Å². The number of aliphatic carboxylic acids is 1. The first kappa shape index (κ1) is 17.0. The first-order valence-corrected chi connectivity index (χ1v) is 7.06. The van der Waals surface area contributed by atoms with Gasteiger partial charge in [0.2, 0.25) is 5.91 Å². The lowest BCUT2D eigenvalue weighted by atomic mass is 10.2. The molecular formula is C10H15NO5S2. The van der Waals surface area contributed by atoms with Crippen LogP contribution in [0.25, 0.3) is 0 Å². The number of carboxylic acid groups (broad SMARTS) is 1. The fourth-order valence-electron chi connectivity index (χ4n) is 0.942. The molecule has 0 atom stereocenters. The molecule has 1 amide bonds. The average molecular weight is 293 g/mol. The van der Waals surface area contributed by atoms with Crippen molar-refractivity contribution in [2.45, 2.75) is 13.8 Å². The van der Waals surface area contributed by atoms with Gasteiger partial charge in [-0.2, -0.15) is 0 Å². The highest BCUT2D eigenvalue weighted by atomic mass is 32.2. The van der Waals surface area contributed by atoms with E-state index in [2.05, 4.69) is 5.32 Å². The molecule has 0 aromatic rings. The molecule has 0 aliphatic carbocycles. The predicted octanol–water partition coefficient (Wildman–Crippen LogP) is 0.363. The number of rotatable bonds is 7. The summed E-state index contributed by atoms with van der Waals surface area (Å²) in [6, 6.07) is 0. The summed E-state index contributed by atoms with van der Waals surface area (Å²) >= 11 is 1.96. The number of carbonyl (C=O) groups is 4. The van der Waals surface area contributed by atoms with E-state index in [1.807, 2.05) is 0 Å². The van der Waals surface area contributed by atoms with Gasteiger partial charge < -0.3 is 10.4 Å². The minimum absolute atomic E-state index is 0.126. The maximum atomic E-state index is 11.6. The smallest absolute Gasteiger partial charge is 0.322 e. The summed E-state index contributed by atoms with van der Waals surface area (Å²) in [6.45, 7) is 2.30. The predicted molar refractivity (Wildman–Crippen MR) is 70.4 cm³/mol. The van der Waals surface area contributed by atoms with Crippen molar-refractivity contribution in [2.24, 2.45) is 5.92 Å². The van der Waals surface area contributed by atoms with Crippen LogP contribution in [0.15, 0.2) is 0 Å². The summed E-state index contributed by atoms with van der Waals surface area (Å²) in [5, 5.41) is 10.4. The van der Waals surface area contributed by atoms with Gasteiger partial charge in [0.25, 0.3) is 0 Å². The van der Waals surface area contributed by atoms with Gasteiger partial charge in [0.15, 0.2) is 10.2 Å². The second-order valence-corrected chi connectivity index (χ2v) is 5.81. The molecule has 2 N–H and O–H groups in total. The fraction of sp³-hybridized carbons (Fsp3) is 0.600. The highest BCUT2D eigenvalue weighted by Crippen LogP contribution is 2.16. The standard InChI is InChI=1S/C10H15NO5S2/c1-6(12)17-4-8(5-18-7(2)13)10(16)11-3-9(14)15/h8H,3-5H2,1-2H3,(H,11,16)(H,14,15). The Kier molecular flexibility index (Phi) is 8.47. The van der Waals surface area contributed by atoms with E-state index in [1.54, 1.807) is 0 Å². The molecule has 0 aliphatic rings. The molecule has 0 radical (unpaired) electrons. The van der Waals surface area contributed by atoms with Gasteiger partial charge in [0, 0.05) is 25.4 Å². The molecule has 0 bridgehead atoms. The maximum absolute atomic E-state index is 11.6. The minimum atomic E-state index is -1.14. The molecule has 0 saturated heterocycles. The third-order valence-electron chi connectivity index (χ3n) is 1.76. The van der Waals surface area contributed by atoms with E-state index in [-0.39, 0.29) is 21.7 Å². The number of carbonyl (C=O) groups excluding carboxylic acids is 3. The number of hydrogen-bond donors (Lipinski definition) is 2. The van der Waals surface area contributed by atoms with Crippen LogP contribution in [0.1, 0.15) is 13.8 Å². The van der Waals surface area contributed by atoms with Gasteiger partial charge in [-0.05, 0) is 0 Å². The number of hydrogen-bond acceptors (Lipinski definition) is 6. The molecule has 0 saturated carbocycles. The van der Waals surface area contributed by atoms with Crippen molar-refractivity contribution in [2.75, 3.05) is 18.1 Å². The van der Waals surface area contributed by atoms with Crippen molar-refractivity contribution in [3.63, 3.8) is 0 Å². The molecule has 0 spiro atoms. The van der Waals surface area contributed by atoms with Gasteiger partial charge in [-0.15, -0.1) is 0 Å². The molecule has 0 unspecified atom stereocenters. The number of thioether (sulfide) groups is 2. The van der Waals surface area contributed by atoms with Crippen LogP contribution in [-0.2, 0) is 19.2 Å². The van der Waals surface area contributed by atoms with Crippen LogP contribution in [0.4, 0.5) is 0 Å². The van der Waals surface area contributed by atoms with Gasteiger partial charge in [-0.1, -0.05) is 23.5 Å². The van der Waals surface area contributed by atoms with E-state index >= 15 is 0 Å². The van der Waals surface area contributed by atoms with Gasteiger partial charge in [-0.3, -0.25) is 19.2 Å². The second-order valence-electron chi connectivity index (χ2n) is 3.41. The van der Waals surface area contributed by atoms with E-state index in [0.29, 0.717) is 0 Å². The zero-order valence-corrected chi connectivity index (χ0v) is 11.7. The molecule has 0 aromatic carbocycles. The van der Waals surface area contributed by atoms with Crippen LogP contribution in [0.2, 0.25) is 0 Å². The lowest BCUT2D eigenvalue weighted by Crippen LogP contribution is -2.37. The third kappa shape index (κ3) is 9.06. The zero-order valence-electron chi connectivity index (χ0n) is 10.1. The lowest BCUT2D eigenvalue weighted by molar-refractivity contribution is -0.138. The summed E-state index contributed by atoms with van der Waals surface area (Å²) < 4.78 is 0. The minimum Gasteiger partial charge on any atom is -0.480 e. The monoisotopic (exact) mass is 293 g/mol. The lowest BCUT2D eigenvalue weighted by Gasteiger charge is -2.13. The zero-order chi connectivity index (χ0) is 14.1. The van der Waals surface area contributed by atoms with Crippen LogP contribution in [-0.4, -0.2) is 45.3 Å². The van der Waals surface area contributed by atoms with E-state index in [1.165, 1.54) is 13.8 Å². The molecule has 6 nitrogen and oxygen atoms in total. The number of nitrogens with one attached hydrogen (secondary N) is 1. The van der Waals surface area contributed by atoms with E-state index < -0.39 is 24.3 Å². The molecule has 8 heteroatoms. The van der Waals surface area contributed by atoms with E-state index in [4.69, 9.17) is 5.11 Å². The third-order valence-corrected chi connectivity index (χ3v) is 3.71. The van der Waals surface area contributed by atoms with Gasteiger partial charge >= 0.3 is 5.97 Å². The topological polar surface area (TPSA) is 101 Å². The van der Waals surface area contributed by atoms with Crippen LogP contribution < -0.4 is 5.32 Å². The quantitative estimate of drug-likeness (QED) is 0.699. The normalized spacial score (nSPS) is 10.2. The van der Waals surface area contributed by atoms with Crippen molar-refractivity contribution in [3.05, 3.63) is 0 Å². The fourth-order valence-corrected chi connectivity index (χ4v) is 2.50. The summed E-state index contributed by atoms with van der Waals surface area (Å²) in [5.41, 5.74) is 0. The molecule has 0 heterocycles. The maximum Gasteiger partial charge on any atom is 0.322 e. The average Bonchev–Trinajstić information content (AvgIpc) is 2.25. The Morgan fingerprint density at radius 3 is 1.83 bits per heavy atom. The summed E-state index contributed by atoms with van der Waals surface area (Å²) in [5.74, 6) is -1.69. The summed E-state index contributed by atoms with van der Waals surface area (Å²) in [7, 11) is 0. The Morgan fingerprint density at radius 2 is 1.50 bits per heavy atom. The van der Waals surface area contributed by atoms with Crippen LogP contribution in [0, 0.1) is 5.92 Å². The molecule has 0 aliphatic heterocycles. The van der Waals surface area contributed by atoms with Crippen LogP contribution >= 0.6 is 23.5 Å². The highest BCUT2D eigenvalue weighted by molar-refractivity contribution is 8.14. The molecule has 0 fully saturated rings. The Labute approximate surface area is 113 Å². The SMILES string of the molecule is CC(=O)SCC(CSC(C)=O)C(=O)NCC(=O)O. The molecule has 0 rings (SSSR count). The summed E-state index contributed by atoms with van der Waals surface area (Å²) in [4.78, 5) is 43.7. The largest absolute Gasteiger partial charge is 0.480 e. The van der Waals surface area contributed by atoms with Gasteiger partial charge in [-0.25, -0.2) is 0 Å². The first-order chi connectivity index (χ1) is 8.32. The van der Waals surface area contributed by atoms with Crippen molar-refractivity contribution in [1.29, 1.82) is 0 Å². The molecular weight excluding hydrogens is 278 g/mol. The van der Waals surface area contributed by atoms with Gasteiger partial charge in [0.1, 0.15) is 6.54 Å².